The van der Waals surface area contributed by atoms with Crippen molar-refractivity contribution in [3.05, 3.63) is 64.2 Å². The molecule has 0 fully saturated rings. The SMILES string of the molecule is CSc1ccc([N+](=O)[O-])cc1OCc1ccccc1. The Morgan fingerprint density at radius 3 is 2.58 bits per heavy atom. The van der Waals surface area contributed by atoms with Crippen LogP contribution in [0.15, 0.2) is 53.4 Å². The van der Waals surface area contributed by atoms with Crippen LogP contribution in [0.4, 0.5) is 5.69 Å². The zero-order chi connectivity index (χ0) is 13.7. The Bertz CT molecular complexity index is 572. The molecular weight excluding hydrogens is 262 g/mol. The van der Waals surface area contributed by atoms with Gasteiger partial charge in [0.25, 0.3) is 5.69 Å². The number of hydrogen-bond donors (Lipinski definition) is 0. The van der Waals surface area contributed by atoms with Gasteiger partial charge in [-0.1, -0.05) is 30.3 Å². The van der Waals surface area contributed by atoms with E-state index in [4.69, 9.17) is 4.74 Å². The number of rotatable bonds is 5. The van der Waals surface area contributed by atoms with Gasteiger partial charge in [0, 0.05) is 11.0 Å². The van der Waals surface area contributed by atoms with Gasteiger partial charge in [-0.25, -0.2) is 0 Å². The maximum absolute atomic E-state index is 10.8. The molecule has 0 aromatic heterocycles. The number of ether oxygens (including phenoxy) is 1. The van der Waals surface area contributed by atoms with Crippen molar-refractivity contribution < 1.29 is 9.66 Å². The van der Waals surface area contributed by atoms with E-state index in [1.807, 2.05) is 36.6 Å². The molecule has 0 unspecified atom stereocenters. The smallest absolute Gasteiger partial charge is 0.273 e. The van der Waals surface area contributed by atoms with Gasteiger partial charge in [0.1, 0.15) is 12.4 Å². The van der Waals surface area contributed by atoms with Gasteiger partial charge < -0.3 is 4.74 Å². The third-order valence-corrected chi connectivity index (χ3v) is 3.37. The van der Waals surface area contributed by atoms with Crippen molar-refractivity contribution in [3.8, 4) is 5.75 Å². The van der Waals surface area contributed by atoms with E-state index in [0.29, 0.717) is 12.4 Å². The highest BCUT2D eigenvalue weighted by Gasteiger charge is 2.11. The molecule has 2 aromatic carbocycles. The molecule has 0 aliphatic rings. The van der Waals surface area contributed by atoms with Crippen LogP contribution in [-0.2, 0) is 6.61 Å². The van der Waals surface area contributed by atoms with Crippen LogP contribution < -0.4 is 4.74 Å². The number of nitro groups is 1. The van der Waals surface area contributed by atoms with Gasteiger partial charge in [-0.05, 0) is 17.9 Å². The molecular formula is C14H13NO3S. The zero-order valence-corrected chi connectivity index (χ0v) is 11.2. The second-order valence-corrected chi connectivity index (χ2v) is 4.71. The minimum Gasteiger partial charge on any atom is -0.487 e. The Labute approximate surface area is 115 Å². The molecule has 0 saturated carbocycles. The van der Waals surface area contributed by atoms with Gasteiger partial charge in [-0.3, -0.25) is 10.1 Å². The third kappa shape index (κ3) is 3.48. The molecule has 2 aromatic rings. The van der Waals surface area contributed by atoms with E-state index >= 15 is 0 Å². The van der Waals surface area contributed by atoms with Gasteiger partial charge in [-0.2, -0.15) is 0 Å². The largest absolute Gasteiger partial charge is 0.487 e. The average molecular weight is 275 g/mol. The Hall–Kier alpha value is -2.01. The molecule has 0 bridgehead atoms. The van der Waals surface area contributed by atoms with Crippen molar-refractivity contribution in [2.24, 2.45) is 0 Å². The summed E-state index contributed by atoms with van der Waals surface area (Å²) in [5.74, 6) is 0.547. The quantitative estimate of drug-likeness (QED) is 0.472. The first-order valence-electron chi connectivity index (χ1n) is 5.70. The molecule has 0 radical (unpaired) electrons. The fourth-order valence-corrected chi connectivity index (χ4v) is 2.15. The summed E-state index contributed by atoms with van der Waals surface area (Å²) in [6.45, 7) is 0.398. The highest BCUT2D eigenvalue weighted by atomic mass is 32.2. The number of non-ortho nitro benzene ring substituents is 1. The molecule has 0 N–H and O–H groups in total. The first-order chi connectivity index (χ1) is 9.20. The highest BCUT2D eigenvalue weighted by molar-refractivity contribution is 7.98. The van der Waals surface area contributed by atoms with Gasteiger partial charge in [0.2, 0.25) is 0 Å². The Balaban J connectivity index is 2.18. The van der Waals surface area contributed by atoms with Crippen LogP contribution in [-0.4, -0.2) is 11.2 Å². The van der Waals surface area contributed by atoms with E-state index in [2.05, 4.69) is 0 Å². The molecule has 0 aliphatic carbocycles. The maximum atomic E-state index is 10.8. The molecule has 0 aliphatic heterocycles. The van der Waals surface area contributed by atoms with Gasteiger partial charge >= 0.3 is 0 Å². The number of nitro benzene ring substituents is 1. The molecule has 98 valence electrons. The summed E-state index contributed by atoms with van der Waals surface area (Å²) < 4.78 is 5.68. The Morgan fingerprint density at radius 2 is 1.95 bits per heavy atom. The molecule has 0 heterocycles. The molecule has 4 nitrogen and oxygen atoms in total. The van der Waals surface area contributed by atoms with Crippen LogP contribution in [0.3, 0.4) is 0 Å². The van der Waals surface area contributed by atoms with E-state index in [0.717, 1.165) is 10.5 Å². The Kier molecular flexibility index (Phi) is 4.41. The van der Waals surface area contributed by atoms with E-state index in [9.17, 15) is 10.1 Å². The summed E-state index contributed by atoms with van der Waals surface area (Å²) >= 11 is 1.50. The van der Waals surface area contributed by atoms with Crippen LogP contribution in [0.5, 0.6) is 5.75 Å². The van der Waals surface area contributed by atoms with E-state index < -0.39 is 4.92 Å². The second kappa shape index (κ2) is 6.24. The second-order valence-electron chi connectivity index (χ2n) is 3.87. The number of hydrogen-bond acceptors (Lipinski definition) is 4. The maximum Gasteiger partial charge on any atom is 0.273 e. The standard InChI is InChI=1S/C14H13NO3S/c1-19-14-8-7-12(15(16)17)9-13(14)18-10-11-5-3-2-4-6-11/h2-9H,10H2,1H3. The van der Waals surface area contributed by atoms with E-state index in [1.54, 1.807) is 6.07 Å². The summed E-state index contributed by atoms with van der Waals surface area (Å²) in [5.41, 5.74) is 1.07. The summed E-state index contributed by atoms with van der Waals surface area (Å²) in [5, 5.41) is 10.8. The molecule has 19 heavy (non-hydrogen) atoms. The summed E-state index contributed by atoms with van der Waals surface area (Å²) in [7, 11) is 0. The van der Waals surface area contributed by atoms with Gasteiger partial charge in [-0.15, -0.1) is 11.8 Å². The number of benzene rings is 2. The first kappa shape index (κ1) is 13.4. The highest BCUT2D eigenvalue weighted by Crippen LogP contribution is 2.31. The Morgan fingerprint density at radius 1 is 1.21 bits per heavy atom. The monoisotopic (exact) mass is 275 g/mol. The van der Waals surface area contributed by atoms with Crippen molar-refractivity contribution in [2.45, 2.75) is 11.5 Å². The number of thioether (sulfide) groups is 1. The van der Waals surface area contributed by atoms with Crippen LogP contribution in [0.2, 0.25) is 0 Å². The van der Waals surface area contributed by atoms with Crippen molar-refractivity contribution in [2.75, 3.05) is 6.26 Å². The van der Waals surface area contributed by atoms with Crippen molar-refractivity contribution >= 4 is 17.4 Å². The molecule has 0 saturated heterocycles. The van der Waals surface area contributed by atoms with Crippen LogP contribution in [0, 0.1) is 10.1 Å². The fourth-order valence-electron chi connectivity index (χ4n) is 1.63. The zero-order valence-electron chi connectivity index (χ0n) is 10.4. The minimum atomic E-state index is -0.417. The van der Waals surface area contributed by atoms with E-state index in [-0.39, 0.29) is 5.69 Å². The minimum absolute atomic E-state index is 0.0425. The van der Waals surface area contributed by atoms with Crippen molar-refractivity contribution in [3.63, 3.8) is 0 Å². The molecule has 0 atom stereocenters. The summed E-state index contributed by atoms with van der Waals surface area (Å²) in [6.07, 6.45) is 1.91. The predicted octanol–water partition coefficient (Wildman–Crippen LogP) is 3.90. The lowest BCUT2D eigenvalue weighted by Crippen LogP contribution is -1.97. The molecule has 2 rings (SSSR count). The van der Waals surface area contributed by atoms with Crippen LogP contribution >= 0.6 is 11.8 Å². The first-order valence-corrected chi connectivity index (χ1v) is 6.92. The van der Waals surface area contributed by atoms with Crippen LogP contribution in [0.25, 0.3) is 0 Å². The van der Waals surface area contributed by atoms with Gasteiger partial charge in [0.15, 0.2) is 0 Å². The lowest BCUT2D eigenvalue weighted by Gasteiger charge is -2.09. The van der Waals surface area contributed by atoms with Crippen LogP contribution in [0.1, 0.15) is 5.56 Å². The van der Waals surface area contributed by atoms with Gasteiger partial charge in [0.05, 0.1) is 11.0 Å². The third-order valence-electron chi connectivity index (χ3n) is 2.60. The summed E-state index contributed by atoms with van der Waals surface area (Å²) in [4.78, 5) is 11.2. The number of nitrogens with zero attached hydrogens (tertiary/aromatic N) is 1. The molecule has 0 spiro atoms. The lowest BCUT2D eigenvalue weighted by atomic mass is 10.2. The van der Waals surface area contributed by atoms with Crippen molar-refractivity contribution in [1.29, 1.82) is 0 Å². The average Bonchev–Trinajstić information content (AvgIpc) is 2.45. The topological polar surface area (TPSA) is 52.4 Å². The lowest BCUT2D eigenvalue weighted by molar-refractivity contribution is -0.385. The van der Waals surface area contributed by atoms with Crippen molar-refractivity contribution in [1.82, 2.24) is 0 Å². The fraction of sp³-hybridized carbons (Fsp3) is 0.143. The molecule has 5 heteroatoms. The normalized spacial score (nSPS) is 10.2. The predicted molar refractivity (Wildman–Crippen MR) is 75.7 cm³/mol. The van der Waals surface area contributed by atoms with E-state index in [1.165, 1.54) is 23.9 Å². The molecule has 0 amide bonds. The summed E-state index contributed by atoms with van der Waals surface area (Å²) in [6, 6.07) is 14.4.